The third kappa shape index (κ3) is 4.23. The van der Waals surface area contributed by atoms with Gasteiger partial charge in [0.15, 0.2) is 0 Å². The molecule has 1 aliphatic rings. The smallest absolute Gasteiger partial charge is 0.222 e. The topological polar surface area (TPSA) is 49.8 Å². The fraction of sp³-hybridized carbons (Fsp3) is 0.562. The second-order valence-electron chi connectivity index (χ2n) is 5.44. The number of aliphatic hydroxyl groups is 1. The minimum absolute atomic E-state index is 0.174. The molecule has 0 aromatic heterocycles. The van der Waals surface area contributed by atoms with Crippen LogP contribution in [0.15, 0.2) is 24.3 Å². The molecular weight excluding hydrogens is 254 g/mol. The van der Waals surface area contributed by atoms with E-state index in [1.54, 1.807) is 0 Å². The van der Waals surface area contributed by atoms with Crippen LogP contribution in [0.3, 0.4) is 0 Å². The third-order valence-electron chi connectivity index (χ3n) is 3.72. The SMILES string of the molecule is Cc1ccc(OCCCC(=O)N2CCC(CO)C2)cc1. The molecule has 1 aliphatic heterocycles. The van der Waals surface area contributed by atoms with Crippen molar-refractivity contribution in [2.45, 2.75) is 26.2 Å². The summed E-state index contributed by atoms with van der Waals surface area (Å²) in [5.74, 6) is 1.29. The van der Waals surface area contributed by atoms with Gasteiger partial charge < -0.3 is 14.7 Å². The highest BCUT2D eigenvalue weighted by atomic mass is 16.5. The van der Waals surface area contributed by atoms with Gasteiger partial charge in [-0.3, -0.25) is 4.79 Å². The van der Waals surface area contributed by atoms with Gasteiger partial charge in [-0.15, -0.1) is 0 Å². The Morgan fingerprint density at radius 2 is 2.15 bits per heavy atom. The highest BCUT2D eigenvalue weighted by molar-refractivity contribution is 5.76. The Bertz CT molecular complexity index is 430. The van der Waals surface area contributed by atoms with E-state index < -0.39 is 0 Å². The third-order valence-corrected chi connectivity index (χ3v) is 3.72. The van der Waals surface area contributed by atoms with Crippen LogP contribution in [-0.2, 0) is 4.79 Å². The van der Waals surface area contributed by atoms with E-state index >= 15 is 0 Å². The number of hydrogen-bond donors (Lipinski definition) is 1. The first-order valence-corrected chi connectivity index (χ1v) is 7.27. The summed E-state index contributed by atoms with van der Waals surface area (Å²) in [7, 11) is 0. The molecule has 0 aliphatic carbocycles. The average Bonchev–Trinajstić information content (AvgIpc) is 2.94. The quantitative estimate of drug-likeness (QED) is 0.809. The molecule has 110 valence electrons. The molecule has 1 aromatic carbocycles. The maximum Gasteiger partial charge on any atom is 0.222 e. The van der Waals surface area contributed by atoms with E-state index in [2.05, 4.69) is 0 Å². The standard InChI is InChI=1S/C16H23NO3/c1-13-4-6-15(7-5-13)20-10-2-3-16(19)17-9-8-14(11-17)12-18/h4-7,14,18H,2-3,8-12H2,1H3. The number of carbonyl (C=O) groups is 1. The number of aryl methyl sites for hydroxylation is 1. The fourth-order valence-corrected chi connectivity index (χ4v) is 2.41. The number of carbonyl (C=O) groups excluding carboxylic acids is 1. The summed E-state index contributed by atoms with van der Waals surface area (Å²) in [5.41, 5.74) is 1.21. The van der Waals surface area contributed by atoms with E-state index in [1.165, 1.54) is 5.56 Å². The van der Waals surface area contributed by atoms with Crippen molar-refractivity contribution in [2.75, 3.05) is 26.3 Å². The molecule has 0 saturated carbocycles. The largest absolute Gasteiger partial charge is 0.494 e. The van der Waals surface area contributed by atoms with Gasteiger partial charge in [0.05, 0.1) is 6.61 Å². The summed E-state index contributed by atoms with van der Waals surface area (Å²) in [6.07, 6.45) is 2.17. The van der Waals surface area contributed by atoms with Crippen LogP contribution in [0.5, 0.6) is 5.75 Å². The summed E-state index contributed by atoms with van der Waals surface area (Å²) in [6.45, 7) is 4.27. The molecule has 0 bridgehead atoms. The number of hydrogen-bond acceptors (Lipinski definition) is 3. The summed E-state index contributed by atoms with van der Waals surface area (Å²) < 4.78 is 5.61. The van der Waals surface area contributed by atoms with Crippen molar-refractivity contribution >= 4 is 5.91 Å². The van der Waals surface area contributed by atoms with E-state index in [4.69, 9.17) is 9.84 Å². The van der Waals surface area contributed by atoms with Crippen molar-refractivity contribution in [3.63, 3.8) is 0 Å². The fourth-order valence-electron chi connectivity index (χ4n) is 2.41. The molecule has 1 unspecified atom stereocenters. The molecule has 1 fully saturated rings. The molecule has 1 heterocycles. The van der Waals surface area contributed by atoms with Crippen LogP contribution < -0.4 is 4.74 Å². The number of benzene rings is 1. The number of amides is 1. The number of likely N-dealkylation sites (tertiary alicyclic amines) is 1. The second kappa shape index (κ2) is 7.29. The number of aliphatic hydroxyl groups excluding tert-OH is 1. The normalized spacial score (nSPS) is 18.3. The molecule has 2 rings (SSSR count). The monoisotopic (exact) mass is 277 g/mol. The lowest BCUT2D eigenvalue weighted by atomic mass is 10.1. The molecule has 4 heteroatoms. The predicted molar refractivity (Wildman–Crippen MR) is 77.7 cm³/mol. The van der Waals surface area contributed by atoms with Crippen LogP contribution in [0.4, 0.5) is 0 Å². The van der Waals surface area contributed by atoms with Gasteiger partial charge in [-0.25, -0.2) is 0 Å². The number of nitrogens with zero attached hydrogens (tertiary/aromatic N) is 1. The van der Waals surface area contributed by atoms with E-state index in [1.807, 2.05) is 36.1 Å². The second-order valence-corrected chi connectivity index (χ2v) is 5.44. The Balaban J connectivity index is 1.63. The van der Waals surface area contributed by atoms with Gasteiger partial charge >= 0.3 is 0 Å². The maximum absolute atomic E-state index is 12.0. The minimum atomic E-state index is 0.174. The van der Waals surface area contributed by atoms with E-state index in [0.717, 1.165) is 25.1 Å². The molecule has 0 spiro atoms. The van der Waals surface area contributed by atoms with Crippen LogP contribution in [-0.4, -0.2) is 42.2 Å². The molecule has 1 saturated heterocycles. The first-order valence-electron chi connectivity index (χ1n) is 7.27. The van der Waals surface area contributed by atoms with Crippen molar-refractivity contribution in [2.24, 2.45) is 5.92 Å². The van der Waals surface area contributed by atoms with Crippen LogP contribution in [0, 0.1) is 12.8 Å². The first kappa shape index (κ1) is 14.9. The molecule has 0 radical (unpaired) electrons. The summed E-state index contributed by atoms with van der Waals surface area (Å²) in [4.78, 5) is 13.8. The Morgan fingerprint density at radius 1 is 1.40 bits per heavy atom. The highest BCUT2D eigenvalue weighted by Gasteiger charge is 2.24. The molecule has 1 aromatic rings. The molecular formula is C16H23NO3. The van der Waals surface area contributed by atoms with Crippen molar-refractivity contribution < 1.29 is 14.6 Å². The van der Waals surface area contributed by atoms with Crippen molar-refractivity contribution in [3.05, 3.63) is 29.8 Å². The zero-order valence-corrected chi connectivity index (χ0v) is 12.0. The van der Waals surface area contributed by atoms with Gasteiger partial charge in [0.25, 0.3) is 0 Å². The Kier molecular flexibility index (Phi) is 5.41. The van der Waals surface area contributed by atoms with E-state index in [9.17, 15) is 4.79 Å². The van der Waals surface area contributed by atoms with Gasteiger partial charge in [-0.1, -0.05) is 17.7 Å². The lowest BCUT2D eigenvalue weighted by Crippen LogP contribution is -2.29. The van der Waals surface area contributed by atoms with Gasteiger partial charge in [-0.2, -0.15) is 0 Å². The number of ether oxygens (including phenoxy) is 1. The van der Waals surface area contributed by atoms with Crippen molar-refractivity contribution in [1.82, 2.24) is 4.90 Å². The minimum Gasteiger partial charge on any atom is -0.494 e. The van der Waals surface area contributed by atoms with E-state index in [-0.39, 0.29) is 18.4 Å². The Hall–Kier alpha value is -1.55. The van der Waals surface area contributed by atoms with Gasteiger partial charge in [0.2, 0.25) is 5.91 Å². The molecule has 1 N–H and O–H groups in total. The van der Waals surface area contributed by atoms with Crippen LogP contribution in [0.1, 0.15) is 24.8 Å². The molecule has 1 amide bonds. The Morgan fingerprint density at radius 3 is 2.80 bits per heavy atom. The first-order chi connectivity index (χ1) is 9.69. The van der Waals surface area contributed by atoms with E-state index in [0.29, 0.717) is 19.6 Å². The average molecular weight is 277 g/mol. The number of rotatable bonds is 6. The maximum atomic E-state index is 12.0. The van der Waals surface area contributed by atoms with Crippen LogP contribution in [0.25, 0.3) is 0 Å². The predicted octanol–water partition coefficient (Wildman–Crippen LogP) is 1.99. The van der Waals surface area contributed by atoms with Crippen molar-refractivity contribution in [1.29, 1.82) is 0 Å². The summed E-state index contributed by atoms with van der Waals surface area (Å²) in [6, 6.07) is 7.92. The molecule has 4 nitrogen and oxygen atoms in total. The van der Waals surface area contributed by atoms with Crippen LogP contribution in [0.2, 0.25) is 0 Å². The zero-order valence-electron chi connectivity index (χ0n) is 12.0. The van der Waals surface area contributed by atoms with Crippen LogP contribution >= 0.6 is 0 Å². The highest BCUT2D eigenvalue weighted by Crippen LogP contribution is 2.17. The van der Waals surface area contributed by atoms with Gasteiger partial charge in [0.1, 0.15) is 5.75 Å². The lowest BCUT2D eigenvalue weighted by Gasteiger charge is -2.16. The molecule has 1 atom stereocenters. The summed E-state index contributed by atoms with van der Waals surface area (Å²) in [5, 5.41) is 9.07. The molecule has 20 heavy (non-hydrogen) atoms. The lowest BCUT2D eigenvalue weighted by molar-refractivity contribution is -0.130. The zero-order chi connectivity index (χ0) is 14.4. The Labute approximate surface area is 120 Å². The summed E-state index contributed by atoms with van der Waals surface area (Å²) >= 11 is 0. The van der Waals surface area contributed by atoms with Crippen molar-refractivity contribution in [3.8, 4) is 5.75 Å². The van der Waals surface area contributed by atoms with Gasteiger partial charge in [-0.05, 0) is 31.9 Å². The van der Waals surface area contributed by atoms with Gasteiger partial charge in [0, 0.05) is 32.0 Å².